The van der Waals surface area contributed by atoms with E-state index in [1.807, 2.05) is 19.2 Å². The number of morpholine rings is 1. The second-order valence-electron chi connectivity index (χ2n) is 5.14. The van der Waals surface area contributed by atoms with Crippen LogP contribution in [0.3, 0.4) is 0 Å². The van der Waals surface area contributed by atoms with Crippen molar-refractivity contribution < 1.29 is 14.3 Å². The maximum atomic E-state index is 12.2. The van der Waals surface area contributed by atoms with E-state index < -0.39 is 11.8 Å². The van der Waals surface area contributed by atoms with Crippen molar-refractivity contribution in [1.82, 2.24) is 4.90 Å². The molecule has 0 radical (unpaired) electrons. The monoisotopic (exact) mass is 319 g/mol. The molecule has 1 saturated heterocycles. The summed E-state index contributed by atoms with van der Waals surface area (Å²) in [5.41, 5.74) is 0.523. The normalized spacial score (nSPS) is 21.0. The summed E-state index contributed by atoms with van der Waals surface area (Å²) in [6.45, 7) is 4.57. The van der Waals surface area contributed by atoms with Crippen LogP contribution >= 0.6 is 11.8 Å². The van der Waals surface area contributed by atoms with E-state index >= 15 is 0 Å². The van der Waals surface area contributed by atoms with Crippen molar-refractivity contribution in [1.29, 1.82) is 5.26 Å². The van der Waals surface area contributed by atoms with Crippen LogP contribution < -0.4 is 5.32 Å². The molecule has 116 valence electrons. The van der Waals surface area contributed by atoms with Gasteiger partial charge in [0.25, 0.3) is 0 Å². The molecule has 2 unspecified atom stereocenters. The fourth-order valence-electron chi connectivity index (χ4n) is 2.33. The predicted molar refractivity (Wildman–Crippen MR) is 83.1 cm³/mol. The Labute approximate surface area is 133 Å². The van der Waals surface area contributed by atoms with Crippen molar-refractivity contribution in [2.45, 2.75) is 31.0 Å². The third kappa shape index (κ3) is 4.23. The number of nitriles is 1. The van der Waals surface area contributed by atoms with Crippen molar-refractivity contribution in [3.8, 4) is 5.40 Å². The van der Waals surface area contributed by atoms with Gasteiger partial charge in [0.1, 0.15) is 5.40 Å². The second-order valence-corrected chi connectivity index (χ2v) is 6.00. The van der Waals surface area contributed by atoms with E-state index in [-0.39, 0.29) is 12.2 Å². The lowest BCUT2D eigenvalue weighted by atomic mass is 10.2. The molecular weight excluding hydrogens is 302 g/mol. The quantitative estimate of drug-likeness (QED) is 0.511. The Morgan fingerprint density at radius 3 is 2.41 bits per heavy atom. The number of benzene rings is 1. The van der Waals surface area contributed by atoms with E-state index in [0.29, 0.717) is 18.8 Å². The lowest BCUT2D eigenvalue weighted by Gasteiger charge is -2.34. The molecule has 1 aromatic carbocycles. The van der Waals surface area contributed by atoms with Gasteiger partial charge in [-0.25, -0.2) is 0 Å². The largest absolute Gasteiger partial charge is 0.372 e. The minimum absolute atomic E-state index is 0.0808. The summed E-state index contributed by atoms with van der Waals surface area (Å²) in [7, 11) is 0. The van der Waals surface area contributed by atoms with Crippen LogP contribution in [0, 0.1) is 10.7 Å². The SMILES string of the molecule is CC1CN(C(=O)C(=O)Nc2ccc(SC#N)cc2)CC(C)O1. The number of hydrogen-bond donors (Lipinski definition) is 1. The number of amides is 2. The Morgan fingerprint density at radius 2 is 1.86 bits per heavy atom. The van der Waals surface area contributed by atoms with Gasteiger partial charge in [0.15, 0.2) is 0 Å². The molecule has 1 fully saturated rings. The number of nitrogens with zero attached hydrogens (tertiary/aromatic N) is 2. The lowest BCUT2D eigenvalue weighted by molar-refractivity contribution is -0.151. The molecule has 1 aromatic rings. The van der Waals surface area contributed by atoms with Gasteiger partial charge in [-0.1, -0.05) is 0 Å². The number of carbonyl (C=O) groups is 2. The zero-order valence-electron chi connectivity index (χ0n) is 12.4. The first-order valence-electron chi connectivity index (χ1n) is 6.91. The van der Waals surface area contributed by atoms with E-state index in [1.54, 1.807) is 24.3 Å². The Kier molecular flexibility index (Phi) is 5.41. The highest BCUT2D eigenvalue weighted by molar-refractivity contribution is 8.03. The minimum Gasteiger partial charge on any atom is -0.372 e. The number of carbonyl (C=O) groups excluding carboxylic acids is 2. The van der Waals surface area contributed by atoms with Crippen molar-refractivity contribution >= 4 is 29.3 Å². The maximum Gasteiger partial charge on any atom is 0.313 e. The highest BCUT2D eigenvalue weighted by Gasteiger charge is 2.29. The molecule has 0 bridgehead atoms. The van der Waals surface area contributed by atoms with Gasteiger partial charge in [-0.2, -0.15) is 5.26 Å². The topological polar surface area (TPSA) is 82.4 Å². The molecule has 1 N–H and O–H groups in total. The fourth-order valence-corrected chi connectivity index (χ4v) is 2.71. The van der Waals surface area contributed by atoms with E-state index in [9.17, 15) is 9.59 Å². The van der Waals surface area contributed by atoms with Gasteiger partial charge in [0.05, 0.1) is 12.2 Å². The number of hydrogen-bond acceptors (Lipinski definition) is 5. The summed E-state index contributed by atoms with van der Waals surface area (Å²) in [4.78, 5) is 26.5. The van der Waals surface area contributed by atoms with E-state index in [4.69, 9.17) is 10.00 Å². The number of thioether (sulfide) groups is 1. The summed E-state index contributed by atoms with van der Waals surface area (Å²) in [6.07, 6.45) is -0.162. The molecule has 0 spiro atoms. The van der Waals surface area contributed by atoms with Gasteiger partial charge in [0, 0.05) is 23.7 Å². The molecule has 7 heteroatoms. The average molecular weight is 319 g/mol. The van der Waals surface area contributed by atoms with Gasteiger partial charge in [-0.3, -0.25) is 9.59 Å². The van der Waals surface area contributed by atoms with Crippen LogP contribution in [0.5, 0.6) is 0 Å². The first-order chi connectivity index (χ1) is 10.5. The number of rotatable bonds is 2. The molecule has 1 aliphatic rings. The minimum atomic E-state index is -0.665. The average Bonchev–Trinajstić information content (AvgIpc) is 2.47. The van der Waals surface area contributed by atoms with Gasteiger partial charge in [0.2, 0.25) is 0 Å². The van der Waals surface area contributed by atoms with Crippen LogP contribution in [0.1, 0.15) is 13.8 Å². The Morgan fingerprint density at radius 1 is 1.27 bits per heavy atom. The first-order valence-corrected chi connectivity index (χ1v) is 7.73. The van der Waals surface area contributed by atoms with Gasteiger partial charge in [-0.05, 0) is 49.9 Å². The van der Waals surface area contributed by atoms with Crippen LogP contribution in [0.4, 0.5) is 5.69 Å². The van der Waals surface area contributed by atoms with Gasteiger partial charge in [-0.15, -0.1) is 0 Å². The van der Waals surface area contributed by atoms with Crippen molar-refractivity contribution in [2.75, 3.05) is 18.4 Å². The Bertz CT molecular complexity index is 587. The molecule has 22 heavy (non-hydrogen) atoms. The smallest absolute Gasteiger partial charge is 0.313 e. The van der Waals surface area contributed by atoms with Crippen LogP contribution in [0.15, 0.2) is 29.2 Å². The standard InChI is InChI=1S/C15H17N3O3S/c1-10-7-18(8-11(2)21-10)15(20)14(19)17-12-3-5-13(6-4-12)22-9-16/h3-6,10-11H,7-8H2,1-2H3,(H,17,19). The van der Waals surface area contributed by atoms with E-state index in [1.165, 1.54) is 4.90 Å². The van der Waals surface area contributed by atoms with Gasteiger partial charge >= 0.3 is 11.8 Å². The molecular formula is C15H17N3O3S. The molecule has 0 aromatic heterocycles. The third-order valence-corrected chi connectivity index (χ3v) is 3.78. The third-order valence-electron chi connectivity index (χ3n) is 3.18. The highest BCUT2D eigenvalue weighted by Crippen LogP contribution is 2.19. The number of anilines is 1. The molecule has 1 heterocycles. The first kappa shape index (κ1) is 16.3. The molecule has 2 atom stereocenters. The molecule has 0 aliphatic carbocycles. The van der Waals surface area contributed by atoms with E-state index in [2.05, 4.69) is 5.32 Å². The number of thiocyanates is 1. The van der Waals surface area contributed by atoms with Crippen LogP contribution in [-0.4, -0.2) is 42.0 Å². The summed E-state index contributed by atoms with van der Waals surface area (Å²) in [5, 5.41) is 13.1. The van der Waals surface area contributed by atoms with Crippen molar-refractivity contribution in [2.24, 2.45) is 0 Å². The van der Waals surface area contributed by atoms with Crippen LogP contribution in [0.25, 0.3) is 0 Å². The summed E-state index contributed by atoms with van der Waals surface area (Å²) < 4.78 is 5.55. The maximum absolute atomic E-state index is 12.2. The lowest BCUT2D eigenvalue weighted by Crippen LogP contribution is -2.51. The molecule has 6 nitrogen and oxygen atoms in total. The Hall–Kier alpha value is -2.04. The zero-order chi connectivity index (χ0) is 16.1. The summed E-state index contributed by atoms with van der Waals surface area (Å²) >= 11 is 1.04. The summed E-state index contributed by atoms with van der Waals surface area (Å²) in [6, 6.07) is 6.75. The van der Waals surface area contributed by atoms with Crippen LogP contribution in [-0.2, 0) is 14.3 Å². The Balaban J connectivity index is 1.96. The molecule has 1 aliphatic heterocycles. The van der Waals surface area contributed by atoms with E-state index in [0.717, 1.165) is 16.7 Å². The molecule has 2 amide bonds. The predicted octanol–water partition coefficient (Wildman–Crippen LogP) is 1.83. The second kappa shape index (κ2) is 7.29. The number of ether oxygens (including phenoxy) is 1. The molecule has 0 saturated carbocycles. The van der Waals surface area contributed by atoms with Crippen LogP contribution in [0.2, 0.25) is 0 Å². The zero-order valence-corrected chi connectivity index (χ0v) is 13.2. The molecule has 2 rings (SSSR count). The van der Waals surface area contributed by atoms with Gasteiger partial charge < -0.3 is 15.0 Å². The van der Waals surface area contributed by atoms with Crippen molar-refractivity contribution in [3.63, 3.8) is 0 Å². The highest BCUT2D eigenvalue weighted by atomic mass is 32.2. The summed E-state index contributed by atoms with van der Waals surface area (Å²) in [5.74, 6) is -1.22. The fraction of sp³-hybridized carbons (Fsp3) is 0.400. The van der Waals surface area contributed by atoms with Crippen molar-refractivity contribution in [3.05, 3.63) is 24.3 Å². The number of nitrogens with one attached hydrogen (secondary N) is 1.